The van der Waals surface area contributed by atoms with E-state index in [2.05, 4.69) is 20.5 Å². The number of anilines is 1. The van der Waals surface area contributed by atoms with E-state index in [9.17, 15) is 4.79 Å². The molecular weight excluding hydrogens is 372 g/mol. The second-order valence-electron chi connectivity index (χ2n) is 5.49. The lowest BCUT2D eigenvalue weighted by molar-refractivity contribution is -0.113. The number of ether oxygens (including phenoxy) is 2. The molecular formula is C17H16N4O3S2. The molecule has 9 heteroatoms. The molecule has 0 spiro atoms. The molecule has 0 unspecified atom stereocenters. The van der Waals surface area contributed by atoms with Crippen molar-refractivity contribution < 1.29 is 14.3 Å². The zero-order valence-electron chi connectivity index (χ0n) is 13.7. The van der Waals surface area contributed by atoms with E-state index in [1.807, 2.05) is 23.6 Å². The molecule has 0 saturated carbocycles. The number of H-pyrrole nitrogens is 1. The third-order valence-corrected chi connectivity index (χ3v) is 5.31. The molecule has 0 atom stereocenters. The largest absolute Gasteiger partial charge is 0.490 e. The maximum Gasteiger partial charge on any atom is 0.234 e. The van der Waals surface area contributed by atoms with Gasteiger partial charge < -0.3 is 14.8 Å². The number of fused-ring (bicyclic) bond motifs is 1. The summed E-state index contributed by atoms with van der Waals surface area (Å²) in [4.78, 5) is 17.6. The zero-order valence-corrected chi connectivity index (χ0v) is 15.4. The van der Waals surface area contributed by atoms with Crippen molar-refractivity contribution in [2.75, 3.05) is 24.3 Å². The number of nitrogens with zero attached hydrogens (tertiary/aromatic N) is 2. The second kappa shape index (κ2) is 7.79. The molecule has 0 radical (unpaired) electrons. The molecule has 1 amide bonds. The average molecular weight is 388 g/mol. The zero-order chi connectivity index (χ0) is 17.8. The molecule has 4 rings (SSSR count). The predicted molar refractivity (Wildman–Crippen MR) is 101 cm³/mol. The van der Waals surface area contributed by atoms with Gasteiger partial charge in [0.05, 0.1) is 23.8 Å². The van der Waals surface area contributed by atoms with Crippen LogP contribution < -0.4 is 14.8 Å². The third kappa shape index (κ3) is 4.00. The molecule has 1 aliphatic heterocycles. The minimum absolute atomic E-state index is 0.132. The van der Waals surface area contributed by atoms with E-state index in [1.54, 1.807) is 23.5 Å². The first kappa shape index (κ1) is 16.9. The molecule has 0 aliphatic carbocycles. The van der Waals surface area contributed by atoms with E-state index < -0.39 is 0 Å². The topological polar surface area (TPSA) is 89.1 Å². The lowest BCUT2D eigenvalue weighted by Crippen LogP contribution is -2.14. The molecule has 0 fully saturated rings. The van der Waals surface area contributed by atoms with Crippen molar-refractivity contribution in [3.05, 3.63) is 35.7 Å². The summed E-state index contributed by atoms with van der Waals surface area (Å²) in [5, 5.41) is 12.4. The Morgan fingerprint density at radius 2 is 2.15 bits per heavy atom. The smallest absolute Gasteiger partial charge is 0.234 e. The van der Waals surface area contributed by atoms with Crippen LogP contribution in [0.5, 0.6) is 11.5 Å². The first-order valence-corrected chi connectivity index (χ1v) is 9.93. The van der Waals surface area contributed by atoms with Crippen molar-refractivity contribution in [3.8, 4) is 22.2 Å². The number of thiophene rings is 1. The van der Waals surface area contributed by atoms with Crippen LogP contribution in [0.1, 0.15) is 6.42 Å². The van der Waals surface area contributed by atoms with Crippen LogP contribution in [0.25, 0.3) is 10.7 Å². The minimum Gasteiger partial charge on any atom is -0.490 e. The molecule has 2 N–H and O–H groups in total. The van der Waals surface area contributed by atoms with Gasteiger partial charge in [-0.05, 0) is 23.6 Å². The van der Waals surface area contributed by atoms with Crippen molar-refractivity contribution >= 4 is 34.7 Å². The molecule has 2 aromatic heterocycles. The molecule has 26 heavy (non-hydrogen) atoms. The van der Waals surface area contributed by atoms with Gasteiger partial charge in [0, 0.05) is 18.2 Å². The fourth-order valence-corrected chi connectivity index (χ4v) is 3.66. The summed E-state index contributed by atoms with van der Waals surface area (Å²) in [5.74, 6) is 2.16. The number of rotatable bonds is 5. The van der Waals surface area contributed by atoms with Crippen LogP contribution in [0.4, 0.5) is 5.69 Å². The highest BCUT2D eigenvalue weighted by molar-refractivity contribution is 7.99. The molecule has 7 nitrogen and oxygen atoms in total. The number of aromatic amines is 1. The summed E-state index contributed by atoms with van der Waals surface area (Å²) in [7, 11) is 0. The lowest BCUT2D eigenvalue weighted by Gasteiger charge is -2.10. The highest BCUT2D eigenvalue weighted by Crippen LogP contribution is 2.32. The molecule has 3 heterocycles. The summed E-state index contributed by atoms with van der Waals surface area (Å²) >= 11 is 2.86. The minimum atomic E-state index is -0.132. The monoisotopic (exact) mass is 388 g/mol. The molecule has 0 bridgehead atoms. The van der Waals surface area contributed by atoms with E-state index in [0.717, 1.165) is 11.3 Å². The quantitative estimate of drug-likeness (QED) is 0.651. The Labute approximate surface area is 158 Å². The van der Waals surface area contributed by atoms with Crippen LogP contribution in [0.3, 0.4) is 0 Å². The number of hydrogen-bond acceptors (Lipinski definition) is 7. The van der Waals surface area contributed by atoms with Crippen LogP contribution in [0.2, 0.25) is 0 Å². The van der Waals surface area contributed by atoms with Gasteiger partial charge in [-0.3, -0.25) is 9.89 Å². The SMILES string of the molecule is O=C(CSc1n[nH]c(-c2cccs2)n1)Nc1ccc2c(c1)OCCCO2. The van der Waals surface area contributed by atoms with Gasteiger partial charge in [-0.2, -0.15) is 0 Å². The predicted octanol–water partition coefficient (Wildman–Crippen LogP) is 3.43. The van der Waals surface area contributed by atoms with Crippen molar-refractivity contribution in [2.45, 2.75) is 11.6 Å². The highest BCUT2D eigenvalue weighted by Gasteiger charge is 2.13. The van der Waals surface area contributed by atoms with Gasteiger partial charge in [-0.15, -0.1) is 16.4 Å². The van der Waals surface area contributed by atoms with E-state index in [-0.39, 0.29) is 11.7 Å². The highest BCUT2D eigenvalue weighted by atomic mass is 32.2. The molecule has 134 valence electrons. The number of thioether (sulfide) groups is 1. The summed E-state index contributed by atoms with van der Waals surface area (Å²) in [6.07, 6.45) is 0.844. The van der Waals surface area contributed by atoms with Gasteiger partial charge in [0.2, 0.25) is 11.1 Å². The lowest BCUT2D eigenvalue weighted by atomic mass is 10.2. The average Bonchev–Trinajstić information content (AvgIpc) is 3.28. The van der Waals surface area contributed by atoms with Gasteiger partial charge in [-0.25, -0.2) is 4.98 Å². The van der Waals surface area contributed by atoms with Crippen molar-refractivity contribution in [1.82, 2.24) is 15.2 Å². The Morgan fingerprint density at radius 3 is 3.00 bits per heavy atom. The van der Waals surface area contributed by atoms with Gasteiger partial charge in [-0.1, -0.05) is 17.8 Å². The number of nitrogens with one attached hydrogen (secondary N) is 2. The van der Waals surface area contributed by atoms with Gasteiger partial charge in [0.15, 0.2) is 17.3 Å². The Hall–Kier alpha value is -2.52. The standard InChI is InChI=1S/C17H16N4O3S2/c22-15(10-26-17-19-16(20-21-17)14-3-1-8-25-14)18-11-4-5-12-13(9-11)24-7-2-6-23-12/h1,3-5,8-9H,2,6-7,10H2,(H,18,22)(H,19,20,21). The van der Waals surface area contributed by atoms with Crippen LogP contribution in [0.15, 0.2) is 40.9 Å². The number of benzene rings is 1. The van der Waals surface area contributed by atoms with E-state index in [0.29, 0.717) is 41.4 Å². The fourth-order valence-electron chi connectivity index (χ4n) is 2.40. The first-order chi connectivity index (χ1) is 12.8. The van der Waals surface area contributed by atoms with Crippen LogP contribution >= 0.6 is 23.1 Å². The maximum atomic E-state index is 12.2. The molecule has 1 aromatic carbocycles. The third-order valence-electron chi connectivity index (χ3n) is 3.58. The van der Waals surface area contributed by atoms with E-state index in [1.165, 1.54) is 11.8 Å². The molecule has 1 aliphatic rings. The maximum absolute atomic E-state index is 12.2. The Morgan fingerprint density at radius 1 is 1.27 bits per heavy atom. The number of amides is 1. The van der Waals surface area contributed by atoms with Gasteiger partial charge in [0.25, 0.3) is 0 Å². The molecule has 3 aromatic rings. The summed E-state index contributed by atoms with van der Waals surface area (Å²) < 4.78 is 11.2. The number of hydrogen-bond donors (Lipinski definition) is 2. The number of carbonyl (C=O) groups excluding carboxylic acids is 1. The number of carbonyl (C=O) groups is 1. The van der Waals surface area contributed by atoms with Crippen molar-refractivity contribution in [1.29, 1.82) is 0 Å². The van der Waals surface area contributed by atoms with Crippen LogP contribution in [0, 0.1) is 0 Å². The molecule has 0 saturated heterocycles. The Kier molecular flexibility index (Phi) is 5.07. The van der Waals surface area contributed by atoms with Crippen LogP contribution in [-0.2, 0) is 4.79 Å². The van der Waals surface area contributed by atoms with Crippen molar-refractivity contribution in [3.63, 3.8) is 0 Å². The first-order valence-electron chi connectivity index (χ1n) is 8.06. The van der Waals surface area contributed by atoms with Gasteiger partial charge >= 0.3 is 0 Å². The summed E-state index contributed by atoms with van der Waals surface area (Å²) in [6, 6.07) is 9.32. The Balaban J connectivity index is 1.34. The number of aromatic nitrogens is 3. The Bertz CT molecular complexity index is 895. The van der Waals surface area contributed by atoms with Gasteiger partial charge in [0.1, 0.15) is 0 Å². The van der Waals surface area contributed by atoms with Crippen LogP contribution in [-0.4, -0.2) is 40.1 Å². The van der Waals surface area contributed by atoms with Crippen molar-refractivity contribution in [2.24, 2.45) is 0 Å². The summed E-state index contributed by atoms with van der Waals surface area (Å²) in [5.41, 5.74) is 0.675. The summed E-state index contributed by atoms with van der Waals surface area (Å²) in [6.45, 7) is 1.25. The normalized spacial score (nSPS) is 13.2. The van der Waals surface area contributed by atoms with E-state index in [4.69, 9.17) is 9.47 Å². The fraction of sp³-hybridized carbons (Fsp3) is 0.235. The second-order valence-corrected chi connectivity index (χ2v) is 7.38. The van der Waals surface area contributed by atoms with E-state index >= 15 is 0 Å².